The van der Waals surface area contributed by atoms with Crippen molar-refractivity contribution >= 4 is 0 Å². The Bertz CT molecular complexity index is 353. The number of furan rings is 1. The van der Waals surface area contributed by atoms with Gasteiger partial charge in [-0.3, -0.25) is 0 Å². The molecule has 0 unspecified atom stereocenters. The van der Waals surface area contributed by atoms with Crippen LogP contribution in [0.25, 0.3) is 0 Å². The van der Waals surface area contributed by atoms with Crippen molar-refractivity contribution in [2.45, 2.75) is 64.8 Å². The molecule has 1 fully saturated rings. The fraction of sp³-hybridized carbons (Fsp3) is 0.714. The van der Waals surface area contributed by atoms with E-state index in [4.69, 9.17) is 9.15 Å². The molecule has 1 saturated carbocycles. The predicted octanol–water partition coefficient (Wildman–Crippen LogP) is 3.24. The lowest BCUT2D eigenvalue weighted by molar-refractivity contribution is -0.0321. The van der Waals surface area contributed by atoms with E-state index in [2.05, 4.69) is 26.1 Å². The lowest BCUT2D eigenvalue weighted by atomic mass is 10.1. The number of nitrogens with one attached hydrogen (secondary N) is 1. The van der Waals surface area contributed by atoms with E-state index in [9.17, 15) is 0 Å². The normalized spacial score (nSPS) is 16.4. The zero-order valence-corrected chi connectivity index (χ0v) is 11.1. The van der Waals surface area contributed by atoms with E-state index in [-0.39, 0.29) is 5.60 Å². The fourth-order valence-electron chi connectivity index (χ4n) is 1.55. The number of ether oxygens (including phenoxy) is 1. The van der Waals surface area contributed by atoms with Crippen LogP contribution in [0.5, 0.6) is 0 Å². The molecule has 0 atom stereocenters. The third-order valence-corrected chi connectivity index (χ3v) is 3.44. The summed E-state index contributed by atoms with van der Waals surface area (Å²) in [6.45, 7) is 7.84. The summed E-state index contributed by atoms with van der Waals surface area (Å²) >= 11 is 0. The van der Waals surface area contributed by atoms with Gasteiger partial charge in [0.25, 0.3) is 0 Å². The number of hydrogen-bond acceptors (Lipinski definition) is 3. The Hall–Kier alpha value is -0.800. The van der Waals surface area contributed by atoms with Crippen LogP contribution in [0.3, 0.4) is 0 Å². The molecule has 0 radical (unpaired) electrons. The van der Waals surface area contributed by atoms with Gasteiger partial charge in [-0.25, -0.2) is 0 Å². The van der Waals surface area contributed by atoms with Gasteiger partial charge >= 0.3 is 0 Å². The number of rotatable bonds is 7. The zero-order valence-electron chi connectivity index (χ0n) is 11.1. The Morgan fingerprint density at radius 3 is 2.88 bits per heavy atom. The summed E-state index contributed by atoms with van der Waals surface area (Å²) in [6, 6.07) is 2.72. The van der Waals surface area contributed by atoms with Gasteiger partial charge < -0.3 is 14.5 Å². The Morgan fingerprint density at radius 2 is 2.24 bits per heavy atom. The van der Waals surface area contributed by atoms with E-state index < -0.39 is 0 Å². The molecule has 96 valence electrons. The minimum absolute atomic E-state index is 0.0571. The van der Waals surface area contributed by atoms with Crippen LogP contribution in [0.1, 0.15) is 51.4 Å². The second-order valence-electron chi connectivity index (χ2n) is 5.43. The van der Waals surface area contributed by atoms with Crippen molar-refractivity contribution in [3.8, 4) is 0 Å². The summed E-state index contributed by atoms with van der Waals surface area (Å²) in [5, 5.41) is 3.46. The average molecular weight is 237 g/mol. The van der Waals surface area contributed by atoms with Crippen molar-refractivity contribution < 1.29 is 9.15 Å². The molecule has 0 bridgehead atoms. The van der Waals surface area contributed by atoms with Gasteiger partial charge in [-0.15, -0.1) is 0 Å². The highest BCUT2D eigenvalue weighted by molar-refractivity contribution is 5.16. The van der Waals surface area contributed by atoms with E-state index >= 15 is 0 Å². The van der Waals surface area contributed by atoms with Crippen molar-refractivity contribution in [3.63, 3.8) is 0 Å². The SMILES string of the molecule is CCC(C)(C)OCc1ccoc1CNC1CC1. The van der Waals surface area contributed by atoms with Crippen LogP contribution >= 0.6 is 0 Å². The maximum absolute atomic E-state index is 5.90. The minimum Gasteiger partial charge on any atom is -0.468 e. The summed E-state index contributed by atoms with van der Waals surface area (Å²) in [5.41, 5.74) is 1.11. The highest BCUT2D eigenvalue weighted by atomic mass is 16.5. The maximum Gasteiger partial charge on any atom is 0.123 e. The quantitative estimate of drug-likeness (QED) is 0.790. The standard InChI is InChI=1S/C14H23NO2/c1-4-14(2,3)17-10-11-7-8-16-13(11)9-15-12-5-6-12/h7-8,12,15H,4-6,9-10H2,1-3H3. The first-order valence-electron chi connectivity index (χ1n) is 6.53. The van der Waals surface area contributed by atoms with E-state index in [1.165, 1.54) is 18.4 Å². The van der Waals surface area contributed by atoms with Crippen LogP contribution in [-0.4, -0.2) is 11.6 Å². The molecule has 2 rings (SSSR count). The lowest BCUT2D eigenvalue weighted by Gasteiger charge is -2.23. The van der Waals surface area contributed by atoms with Crippen molar-refractivity contribution in [2.24, 2.45) is 0 Å². The van der Waals surface area contributed by atoms with Crippen molar-refractivity contribution in [3.05, 3.63) is 23.7 Å². The lowest BCUT2D eigenvalue weighted by Crippen LogP contribution is -2.23. The van der Waals surface area contributed by atoms with Crippen LogP contribution in [0, 0.1) is 0 Å². The van der Waals surface area contributed by atoms with Crippen molar-refractivity contribution in [1.29, 1.82) is 0 Å². The molecule has 1 aliphatic carbocycles. The molecular formula is C14H23NO2. The van der Waals surface area contributed by atoms with Gasteiger partial charge in [-0.1, -0.05) is 6.92 Å². The maximum atomic E-state index is 5.90. The van der Waals surface area contributed by atoms with Crippen molar-refractivity contribution in [2.75, 3.05) is 0 Å². The van der Waals surface area contributed by atoms with Gasteiger partial charge in [0.15, 0.2) is 0 Å². The van der Waals surface area contributed by atoms with E-state index in [1.807, 2.05) is 6.07 Å². The van der Waals surface area contributed by atoms with E-state index in [0.29, 0.717) is 12.6 Å². The van der Waals surface area contributed by atoms with Gasteiger partial charge in [-0.2, -0.15) is 0 Å². The van der Waals surface area contributed by atoms with Crippen LogP contribution in [-0.2, 0) is 17.9 Å². The summed E-state index contributed by atoms with van der Waals surface area (Å²) in [6.07, 6.45) is 5.37. The molecule has 3 nitrogen and oxygen atoms in total. The van der Waals surface area contributed by atoms with Crippen LogP contribution in [0.4, 0.5) is 0 Å². The minimum atomic E-state index is -0.0571. The molecule has 0 spiro atoms. The first-order valence-corrected chi connectivity index (χ1v) is 6.53. The average Bonchev–Trinajstić information content (AvgIpc) is 3.03. The Morgan fingerprint density at radius 1 is 1.47 bits per heavy atom. The molecule has 0 amide bonds. The van der Waals surface area contributed by atoms with Gasteiger partial charge in [0.2, 0.25) is 0 Å². The van der Waals surface area contributed by atoms with Crippen molar-refractivity contribution in [1.82, 2.24) is 5.32 Å². The molecule has 1 aromatic rings. The van der Waals surface area contributed by atoms with E-state index in [0.717, 1.165) is 18.7 Å². The molecular weight excluding hydrogens is 214 g/mol. The zero-order chi connectivity index (χ0) is 12.3. The Kier molecular flexibility index (Phi) is 3.89. The monoisotopic (exact) mass is 237 g/mol. The first kappa shape index (κ1) is 12.7. The summed E-state index contributed by atoms with van der Waals surface area (Å²) in [5.74, 6) is 1.02. The molecule has 1 aliphatic rings. The molecule has 17 heavy (non-hydrogen) atoms. The molecule has 0 saturated heterocycles. The molecule has 0 aliphatic heterocycles. The predicted molar refractivity (Wildman–Crippen MR) is 67.7 cm³/mol. The van der Waals surface area contributed by atoms with Crippen LogP contribution in [0.15, 0.2) is 16.7 Å². The first-order chi connectivity index (χ1) is 8.11. The fourth-order valence-corrected chi connectivity index (χ4v) is 1.55. The largest absolute Gasteiger partial charge is 0.468 e. The highest BCUT2D eigenvalue weighted by Gasteiger charge is 2.22. The van der Waals surface area contributed by atoms with Crippen LogP contribution < -0.4 is 5.32 Å². The van der Waals surface area contributed by atoms with Gasteiger partial charge in [0.05, 0.1) is 25.0 Å². The van der Waals surface area contributed by atoms with Gasteiger partial charge in [-0.05, 0) is 39.2 Å². The topological polar surface area (TPSA) is 34.4 Å². The second kappa shape index (κ2) is 5.23. The third-order valence-electron chi connectivity index (χ3n) is 3.44. The van der Waals surface area contributed by atoms with Gasteiger partial charge in [0, 0.05) is 11.6 Å². The molecule has 1 heterocycles. The summed E-state index contributed by atoms with van der Waals surface area (Å²) in [7, 11) is 0. The Labute approximate surface area is 104 Å². The number of hydrogen-bond donors (Lipinski definition) is 1. The smallest absolute Gasteiger partial charge is 0.123 e. The summed E-state index contributed by atoms with van der Waals surface area (Å²) in [4.78, 5) is 0. The highest BCUT2D eigenvalue weighted by Crippen LogP contribution is 2.22. The molecule has 0 aromatic carbocycles. The molecule has 1 N–H and O–H groups in total. The van der Waals surface area contributed by atoms with Gasteiger partial charge in [0.1, 0.15) is 5.76 Å². The third kappa shape index (κ3) is 3.86. The molecule has 3 heteroatoms. The van der Waals surface area contributed by atoms with Crippen LogP contribution in [0.2, 0.25) is 0 Å². The Balaban J connectivity index is 1.84. The summed E-state index contributed by atoms with van der Waals surface area (Å²) < 4.78 is 11.4. The van der Waals surface area contributed by atoms with E-state index in [1.54, 1.807) is 6.26 Å². The second-order valence-corrected chi connectivity index (χ2v) is 5.43. The molecule has 1 aromatic heterocycles.